The van der Waals surface area contributed by atoms with Crippen molar-refractivity contribution in [1.82, 2.24) is 29.9 Å². The summed E-state index contributed by atoms with van der Waals surface area (Å²) in [5, 5.41) is 15.9. The van der Waals surface area contributed by atoms with Crippen molar-refractivity contribution in [2.45, 2.75) is 52.1 Å². The Labute approximate surface area is 123 Å². The summed E-state index contributed by atoms with van der Waals surface area (Å²) in [6.45, 7) is 9.46. The Morgan fingerprint density at radius 3 is 2.75 bits per heavy atom. The number of hydrogen-bond donors (Lipinski definition) is 1. The minimum Gasteiger partial charge on any atom is -0.307 e. The van der Waals surface area contributed by atoms with Gasteiger partial charge in [0.15, 0.2) is 0 Å². The maximum absolute atomic E-state index is 4.32. The third-order valence-electron chi connectivity index (χ3n) is 3.15. The maximum Gasteiger partial charge on any atom is 0.0891 e. The van der Waals surface area contributed by atoms with Crippen LogP contribution in [0.2, 0.25) is 0 Å². The fourth-order valence-electron chi connectivity index (χ4n) is 2.19. The molecule has 0 aliphatic rings. The summed E-state index contributed by atoms with van der Waals surface area (Å²) >= 11 is 1.44. The largest absolute Gasteiger partial charge is 0.307 e. The van der Waals surface area contributed by atoms with Gasteiger partial charge in [0, 0.05) is 12.0 Å². The molecular weight excluding hydrogens is 272 g/mol. The lowest BCUT2D eigenvalue weighted by Gasteiger charge is -2.21. The topological polar surface area (TPSA) is 68.5 Å². The van der Waals surface area contributed by atoms with E-state index in [0.29, 0.717) is 0 Å². The highest BCUT2D eigenvalue weighted by Crippen LogP contribution is 2.33. The summed E-state index contributed by atoms with van der Waals surface area (Å²) in [5.74, 6) is 0. The first-order valence-corrected chi connectivity index (χ1v) is 7.64. The average molecular weight is 294 g/mol. The molecule has 0 radical (unpaired) electrons. The fourth-order valence-corrected chi connectivity index (χ4v) is 3.18. The summed E-state index contributed by atoms with van der Waals surface area (Å²) in [5.41, 5.74) is 2.07. The zero-order valence-corrected chi connectivity index (χ0v) is 13.5. The molecule has 0 aromatic carbocycles. The van der Waals surface area contributed by atoms with Gasteiger partial charge >= 0.3 is 0 Å². The number of aryl methyl sites for hydroxylation is 1. The van der Waals surface area contributed by atoms with Gasteiger partial charge < -0.3 is 5.32 Å². The fraction of sp³-hybridized carbons (Fsp3) is 0.692. The van der Waals surface area contributed by atoms with E-state index in [1.807, 2.05) is 17.9 Å². The van der Waals surface area contributed by atoms with Crippen molar-refractivity contribution in [2.75, 3.05) is 7.05 Å². The Hall–Kier alpha value is -1.34. The summed E-state index contributed by atoms with van der Waals surface area (Å²) in [7, 11) is 1.94. The first-order valence-electron chi connectivity index (χ1n) is 6.87. The lowest BCUT2D eigenvalue weighted by atomic mass is 9.89. The second-order valence-electron chi connectivity index (χ2n) is 5.84. The van der Waals surface area contributed by atoms with E-state index in [-0.39, 0.29) is 11.5 Å². The van der Waals surface area contributed by atoms with E-state index in [0.717, 1.165) is 29.2 Å². The number of rotatable bonds is 5. The molecule has 0 fully saturated rings. The first kappa shape index (κ1) is 15.1. The van der Waals surface area contributed by atoms with E-state index < -0.39 is 0 Å². The monoisotopic (exact) mass is 294 g/mol. The van der Waals surface area contributed by atoms with Crippen molar-refractivity contribution < 1.29 is 0 Å². The van der Waals surface area contributed by atoms with Crippen LogP contribution in [0.4, 0.5) is 0 Å². The van der Waals surface area contributed by atoms with Crippen LogP contribution in [-0.2, 0) is 12.0 Å². The average Bonchev–Trinajstić information content (AvgIpc) is 3.00. The molecule has 0 saturated heterocycles. The Bertz CT molecular complexity index is 553. The van der Waals surface area contributed by atoms with E-state index in [4.69, 9.17) is 0 Å². The van der Waals surface area contributed by atoms with Crippen LogP contribution in [0, 0.1) is 0 Å². The predicted molar refractivity (Wildman–Crippen MR) is 79.8 cm³/mol. The van der Waals surface area contributed by atoms with E-state index in [1.165, 1.54) is 11.5 Å². The zero-order chi connectivity index (χ0) is 14.8. The highest BCUT2D eigenvalue weighted by molar-refractivity contribution is 7.05. The zero-order valence-electron chi connectivity index (χ0n) is 12.7. The van der Waals surface area contributed by atoms with Crippen molar-refractivity contribution in [3.8, 4) is 0 Å². The molecule has 0 amide bonds. The molecular formula is C13H22N6S. The second-order valence-corrected chi connectivity index (χ2v) is 6.63. The highest BCUT2D eigenvalue weighted by Gasteiger charge is 2.29. The van der Waals surface area contributed by atoms with Gasteiger partial charge in [0.1, 0.15) is 0 Å². The quantitative estimate of drug-likeness (QED) is 0.915. The third kappa shape index (κ3) is 2.88. The lowest BCUT2D eigenvalue weighted by molar-refractivity contribution is 0.511. The van der Waals surface area contributed by atoms with E-state index >= 15 is 0 Å². The minimum atomic E-state index is -0.0273. The molecule has 20 heavy (non-hydrogen) atoms. The molecule has 2 aromatic heterocycles. The standard InChI is InChI=1S/C13H22N6S/c1-6-7-19-9(8-15-17-19)10(14-5)11-12(13(2,3)4)16-18-20-11/h8,10,14H,6-7H2,1-5H3. The van der Waals surface area contributed by atoms with Crippen LogP contribution >= 0.6 is 11.5 Å². The van der Waals surface area contributed by atoms with Crippen LogP contribution in [0.15, 0.2) is 6.20 Å². The van der Waals surface area contributed by atoms with E-state index in [2.05, 4.69) is 52.9 Å². The van der Waals surface area contributed by atoms with Crippen molar-refractivity contribution in [3.05, 3.63) is 22.5 Å². The number of nitrogens with zero attached hydrogens (tertiary/aromatic N) is 5. The minimum absolute atomic E-state index is 0.0273. The molecule has 0 bridgehead atoms. The Balaban J connectivity index is 2.43. The molecule has 110 valence electrons. The van der Waals surface area contributed by atoms with Gasteiger partial charge in [0.2, 0.25) is 0 Å². The van der Waals surface area contributed by atoms with Crippen molar-refractivity contribution in [2.24, 2.45) is 0 Å². The lowest BCUT2D eigenvalue weighted by Crippen LogP contribution is -2.24. The molecule has 2 aromatic rings. The summed E-state index contributed by atoms with van der Waals surface area (Å²) in [6.07, 6.45) is 2.85. The second kappa shape index (κ2) is 5.97. The molecule has 6 nitrogen and oxygen atoms in total. The smallest absolute Gasteiger partial charge is 0.0891 e. The molecule has 1 N–H and O–H groups in total. The molecule has 0 spiro atoms. The van der Waals surface area contributed by atoms with Gasteiger partial charge in [-0.25, -0.2) is 4.68 Å². The Morgan fingerprint density at radius 2 is 2.15 bits per heavy atom. The van der Waals surface area contributed by atoms with Crippen LogP contribution in [0.25, 0.3) is 0 Å². The van der Waals surface area contributed by atoms with Gasteiger partial charge in [-0.15, -0.1) is 10.2 Å². The number of hydrogen-bond acceptors (Lipinski definition) is 6. The first-order chi connectivity index (χ1) is 9.49. The van der Waals surface area contributed by atoms with Crippen LogP contribution in [0.5, 0.6) is 0 Å². The Kier molecular flexibility index (Phi) is 4.49. The number of aromatic nitrogens is 5. The Morgan fingerprint density at radius 1 is 1.40 bits per heavy atom. The normalized spacial score (nSPS) is 13.7. The van der Waals surface area contributed by atoms with Gasteiger partial charge in [-0.05, 0) is 25.0 Å². The predicted octanol–water partition coefficient (Wildman–Crippen LogP) is 2.15. The highest BCUT2D eigenvalue weighted by atomic mass is 32.1. The van der Waals surface area contributed by atoms with E-state index in [1.54, 1.807) is 0 Å². The molecule has 1 atom stereocenters. The van der Waals surface area contributed by atoms with Crippen LogP contribution in [-0.4, -0.2) is 31.6 Å². The van der Waals surface area contributed by atoms with E-state index in [9.17, 15) is 0 Å². The van der Waals surface area contributed by atoms with Crippen molar-refractivity contribution in [3.63, 3.8) is 0 Å². The SMILES string of the molecule is CCCn1nncc1C(NC)c1snnc1C(C)(C)C. The molecule has 0 saturated carbocycles. The summed E-state index contributed by atoms with van der Waals surface area (Å²) in [4.78, 5) is 1.14. The molecule has 0 aliphatic carbocycles. The van der Waals surface area contributed by atoms with Gasteiger partial charge in [0.25, 0.3) is 0 Å². The van der Waals surface area contributed by atoms with Crippen molar-refractivity contribution in [1.29, 1.82) is 0 Å². The maximum atomic E-state index is 4.32. The van der Waals surface area contributed by atoms with Gasteiger partial charge in [-0.1, -0.05) is 37.4 Å². The van der Waals surface area contributed by atoms with Gasteiger partial charge in [-0.2, -0.15) is 0 Å². The van der Waals surface area contributed by atoms with Crippen LogP contribution in [0.1, 0.15) is 56.4 Å². The molecule has 0 aliphatic heterocycles. The number of nitrogens with one attached hydrogen (secondary N) is 1. The van der Waals surface area contributed by atoms with Crippen LogP contribution < -0.4 is 5.32 Å². The third-order valence-corrected chi connectivity index (χ3v) is 3.94. The van der Waals surface area contributed by atoms with Crippen LogP contribution in [0.3, 0.4) is 0 Å². The molecule has 7 heteroatoms. The molecule has 1 unspecified atom stereocenters. The molecule has 2 rings (SSSR count). The van der Waals surface area contributed by atoms with Gasteiger partial charge in [-0.3, -0.25) is 0 Å². The van der Waals surface area contributed by atoms with Gasteiger partial charge in [0.05, 0.1) is 28.5 Å². The van der Waals surface area contributed by atoms with Crippen molar-refractivity contribution >= 4 is 11.5 Å². The summed E-state index contributed by atoms with van der Waals surface area (Å²) in [6, 6.07) is 0.0331. The summed E-state index contributed by atoms with van der Waals surface area (Å²) < 4.78 is 6.10. The molecule has 2 heterocycles.